The summed E-state index contributed by atoms with van der Waals surface area (Å²) < 4.78 is -0.459. The van der Waals surface area contributed by atoms with Gasteiger partial charge >= 0.3 is 160 Å². The summed E-state index contributed by atoms with van der Waals surface area (Å²) in [5.41, 5.74) is 11.3. The second-order valence-electron chi connectivity index (χ2n) is 8.41. The average Bonchev–Trinajstić information content (AvgIpc) is 2.66. The van der Waals surface area contributed by atoms with Crippen molar-refractivity contribution in [3.8, 4) is 0 Å². The Bertz CT molecular complexity index is 646. The predicted octanol–water partition coefficient (Wildman–Crippen LogP) is 6.85. The second kappa shape index (κ2) is 5.48. The molecule has 0 spiro atoms. The molecule has 0 amide bonds. The van der Waals surface area contributed by atoms with Crippen molar-refractivity contribution in [1.29, 1.82) is 0 Å². The zero-order valence-electron chi connectivity index (χ0n) is 16.4. The Balaban J connectivity index is 2.72. The van der Waals surface area contributed by atoms with Gasteiger partial charge in [-0.1, -0.05) is 0 Å². The van der Waals surface area contributed by atoms with E-state index in [0.29, 0.717) is 0 Å². The fraction of sp³-hybridized carbons (Fsp3) is 0.619. The van der Waals surface area contributed by atoms with Crippen LogP contribution in [0.4, 0.5) is 0 Å². The number of halogens is 1. The fourth-order valence-corrected chi connectivity index (χ4v) is 7.01. The first-order valence-corrected chi connectivity index (χ1v) is 9.60. The van der Waals surface area contributed by atoms with Gasteiger partial charge in [0.15, 0.2) is 0 Å². The minimum absolute atomic E-state index is 0.0123. The molecule has 0 aliphatic heterocycles. The van der Waals surface area contributed by atoms with Gasteiger partial charge in [-0.3, -0.25) is 0 Å². The van der Waals surface area contributed by atoms with Gasteiger partial charge in [-0.15, -0.1) is 0 Å². The Hall–Kier alpha value is -0.0357. The molecule has 0 saturated heterocycles. The molecule has 0 unspecified atom stereocenters. The molecule has 0 atom stereocenters. The quantitative estimate of drug-likeness (QED) is 0.370. The van der Waals surface area contributed by atoms with Gasteiger partial charge in [-0.2, -0.15) is 0 Å². The molecule has 0 bridgehead atoms. The van der Waals surface area contributed by atoms with Gasteiger partial charge < -0.3 is 0 Å². The van der Waals surface area contributed by atoms with Gasteiger partial charge in [0.1, 0.15) is 0 Å². The molecule has 23 heavy (non-hydrogen) atoms. The maximum atomic E-state index is 7.40. The Labute approximate surface area is 159 Å². The van der Waals surface area contributed by atoms with Crippen LogP contribution in [0.25, 0.3) is 0 Å². The van der Waals surface area contributed by atoms with Crippen LogP contribution < -0.4 is 0 Å². The molecule has 0 N–H and O–H groups in total. The van der Waals surface area contributed by atoms with Crippen LogP contribution in [0.15, 0.2) is 44.6 Å². The number of rotatable bonds is 2. The van der Waals surface area contributed by atoms with Crippen LogP contribution in [0.3, 0.4) is 0 Å². The Morgan fingerprint density at radius 3 is 1.09 bits per heavy atom. The summed E-state index contributed by atoms with van der Waals surface area (Å²) in [6.45, 7) is 22.8. The topological polar surface area (TPSA) is 0 Å². The van der Waals surface area contributed by atoms with E-state index in [1.807, 2.05) is 0 Å². The first-order valence-electron chi connectivity index (χ1n) is 8.44. The molecule has 0 radical (unpaired) electrons. The molecule has 0 fully saturated rings. The van der Waals surface area contributed by atoms with Crippen molar-refractivity contribution in [2.24, 2.45) is 10.8 Å². The van der Waals surface area contributed by atoms with Gasteiger partial charge in [-0.05, 0) is 0 Å². The molecule has 0 nitrogen and oxygen atoms in total. The molecule has 0 heterocycles. The summed E-state index contributed by atoms with van der Waals surface area (Å²) in [5, 5.41) is 0. The standard InChI is InChI=1S/C21H30Cl.Ti/c1-11-13(3)17(20(7,8)15(11)5)19(22)18-14(4)12(2)16(6)21(18,9)10;/h1-10H3;. The van der Waals surface area contributed by atoms with E-state index in [1.165, 1.54) is 44.6 Å². The van der Waals surface area contributed by atoms with Gasteiger partial charge in [0.2, 0.25) is 0 Å². The van der Waals surface area contributed by atoms with Crippen LogP contribution >= 0.6 is 11.6 Å². The Morgan fingerprint density at radius 2 is 0.913 bits per heavy atom. The number of allylic oxidation sites excluding steroid dienone is 8. The number of hydrogen-bond donors (Lipinski definition) is 0. The molecule has 2 aliphatic carbocycles. The summed E-state index contributed by atoms with van der Waals surface area (Å²) >= 11 is 9.62. The molecule has 125 valence electrons. The van der Waals surface area contributed by atoms with Crippen LogP contribution in [0.5, 0.6) is 0 Å². The summed E-state index contributed by atoms with van der Waals surface area (Å²) in [6.07, 6.45) is 0. The van der Waals surface area contributed by atoms with Crippen molar-refractivity contribution in [2.75, 3.05) is 0 Å². The summed E-state index contributed by atoms with van der Waals surface area (Å²) in [5.74, 6) is 0. The van der Waals surface area contributed by atoms with Crippen molar-refractivity contribution >= 4 is 11.6 Å². The minimum atomic E-state index is -0.459. The molecule has 0 aromatic carbocycles. The Morgan fingerprint density at radius 1 is 0.652 bits per heavy atom. The van der Waals surface area contributed by atoms with E-state index in [2.05, 4.69) is 89.7 Å². The summed E-state index contributed by atoms with van der Waals surface area (Å²) in [7, 11) is 0. The molecular formula is C21H30ClTi. The molecule has 2 rings (SSSR count). The summed E-state index contributed by atoms with van der Waals surface area (Å²) in [4.78, 5) is 0. The molecule has 0 aromatic rings. The number of hydrogen-bond acceptors (Lipinski definition) is 0. The van der Waals surface area contributed by atoms with Gasteiger partial charge in [0.05, 0.1) is 0 Å². The zero-order chi connectivity index (χ0) is 18.1. The molecule has 0 saturated carbocycles. The first-order chi connectivity index (χ1) is 10.2. The molecule has 2 heteroatoms. The average molecular weight is 366 g/mol. The van der Waals surface area contributed by atoms with E-state index in [9.17, 15) is 0 Å². The number of alkyl halides is 1. The third-order valence-corrected chi connectivity index (χ3v) is 7.97. The van der Waals surface area contributed by atoms with E-state index in [1.54, 1.807) is 0 Å². The van der Waals surface area contributed by atoms with Crippen molar-refractivity contribution in [2.45, 2.75) is 72.4 Å². The van der Waals surface area contributed by atoms with Crippen LogP contribution in [0.1, 0.15) is 69.2 Å². The molecule has 0 aromatic heterocycles. The van der Waals surface area contributed by atoms with Crippen molar-refractivity contribution in [3.05, 3.63) is 44.6 Å². The van der Waals surface area contributed by atoms with Crippen molar-refractivity contribution in [3.63, 3.8) is 0 Å². The predicted molar refractivity (Wildman–Crippen MR) is 98.3 cm³/mol. The van der Waals surface area contributed by atoms with Crippen molar-refractivity contribution < 1.29 is 20.4 Å². The maximum absolute atomic E-state index is 7.40. The van der Waals surface area contributed by atoms with E-state index in [4.69, 9.17) is 11.6 Å². The van der Waals surface area contributed by atoms with Crippen LogP contribution in [-0.2, 0) is 20.4 Å². The van der Waals surface area contributed by atoms with Crippen LogP contribution in [0.2, 0.25) is 0 Å². The third kappa shape index (κ3) is 2.43. The van der Waals surface area contributed by atoms with Gasteiger partial charge in [0.25, 0.3) is 0 Å². The third-order valence-electron chi connectivity index (χ3n) is 6.81. The van der Waals surface area contributed by atoms with Crippen LogP contribution in [-0.4, -0.2) is 3.18 Å². The zero-order valence-corrected chi connectivity index (χ0v) is 18.7. The Kier molecular flexibility index (Phi) is 4.60. The van der Waals surface area contributed by atoms with Gasteiger partial charge in [0, 0.05) is 0 Å². The molecule has 2 aliphatic rings. The monoisotopic (exact) mass is 365 g/mol. The van der Waals surface area contributed by atoms with E-state index >= 15 is 0 Å². The van der Waals surface area contributed by atoms with E-state index < -0.39 is 3.18 Å². The fourth-order valence-electron chi connectivity index (χ4n) is 4.69. The van der Waals surface area contributed by atoms with E-state index in [0.717, 1.165) is 0 Å². The van der Waals surface area contributed by atoms with Crippen molar-refractivity contribution in [1.82, 2.24) is 0 Å². The summed E-state index contributed by atoms with van der Waals surface area (Å²) in [6, 6.07) is 0. The van der Waals surface area contributed by atoms with E-state index in [-0.39, 0.29) is 10.8 Å². The second-order valence-corrected chi connectivity index (χ2v) is 10.6. The van der Waals surface area contributed by atoms with Gasteiger partial charge in [-0.25, -0.2) is 0 Å². The molecular weight excluding hydrogens is 336 g/mol. The SMILES string of the molecule is CC1=C(C)C(C)(C)C([C](Cl)([Ti])C2=C(C)C(C)=C(C)C2(C)C)=C1C. The first kappa shape index (κ1) is 19.3. The normalized spacial score (nSPS) is 24.4. The van der Waals surface area contributed by atoms with Crippen LogP contribution in [0, 0.1) is 10.8 Å².